The van der Waals surface area contributed by atoms with E-state index in [1.54, 1.807) is 91.6 Å². The van der Waals surface area contributed by atoms with Crippen LogP contribution in [0.2, 0.25) is 0 Å². The highest BCUT2D eigenvalue weighted by molar-refractivity contribution is 6.12. The number of nitrogens with one attached hydrogen (secondary N) is 1. The molecular weight excluding hydrogens is 782 g/mol. The zero-order valence-corrected chi connectivity index (χ0v) is 32.9. The molecular formula is C46H43F3N2O9. The van der Waals surface area contributed by atoms with E-state index in [2.05, 4.69) is 5.32 Å². The smallest absolute Gasteiger partial charge is 0.465 e. The number of benzene rings is 4. The van der Waals surface area contributed by atoms with Crippen molar-refractivity contribution in [1.82, 2.24) is 4.90 Å². The van der Waals surface area contributed by atoms with Crippen LogP contribution < -0.4 is 10.1 Å². The fourth-order valence-corrected chi connectivity index (χ4v) is 7.45. The number of allylic oxidation sites excluding steroid dienone is 3. The molecule has 4 aromatic carbocycles. The Hall–Kier alpha value is -6.70. The maximum atomic E-state index is 13.9. The van der Waals surface area contributed by atoms with E-state index in [-0.39, 0.29) is 42.4 Å². The summed E-state index contributed by atoms with van der Waals surface area (Å²) in [7, 11) is 0. The molecule has 1 aliphatic heterocycles. The lowest BCUT2D eigenvalue weighted by Gasteiger charge is -2.40. The average molecular weight is 825 g/mol. The second-order valence-electron chi connectivity index (χ2n) is 14.1. The summed E-state index contributed by atoms with van der Waals surface area (Å²) in [5.74, 6) is -5.04. The summed E-state index contributed by atoms with van der Waals surface area (Å²) < 4.78 is 61.7. The van der Waals surface area contributed by atoms with Gasteiger partial charge in [0.15, 0.2) is 5.92 Å². The van der Waals surface area contributed by atoms with Gasteiger partial charge in [0.05, 0.1) is 35.4 Å². The molecule has 0 aromatic heterocycles. The van der Waals surface area contributed by atoms with Gasteiger partial charge in [-0.05, 0) is 79.8 Å². The highest BCUT2D eigenvalue weighted by Crippen LogP contribution is 2.43. The van der Waals surface area contributed by atoms with Gasteiger partial charge in [-0.1, -0.05) is 85.0 Å². The van der Waals surface area contributed by atoms with Gasteiger partial charge in [0.25, 0.3) is 11.8 Å². The van der Waals surface area contributed by atoms with Crippen LogP contribution in [0.1, 0.15) is 58.5 Å². The minimum atomic E-state index is -4.53. The van der Waals surface area contributed by atoms with Gasteiger partial charge >= 0.3 is 24.3 Å². The molecule has 0 bridgehead atoms. The minimum Gasteiger partial charge on any atom is -0.465 e. The number of alkyl halides is 3. The molecule has 2 unspecified atom stereocenters. The van der Waals surface area contributed by atoms with Gasteiger partial charge in [-0.2, -0.15) is 13.2 Å². The molecule has 0 saturated carbocycles. The molecule has 2 atom stereocenters. The molecule has 4 aromatic rings. The van der Waals surface area contributed by atoms with Gasteiger partial charge in [-0.15, -0.1) is 0 Å². The Balaban J connectivity index is 1.27. The number of esters is 2. The van der Waals surface area contributed by atoms with Crippen LogP contribution in [0.4, 0.5) is 23.7 Å². The number of carbonyl (C=O) groups is 5. The van der Waals surface area contributed by atoms with Crippen molar-refractivity contribution in [1.29, 1.82) is 0 Å². The first-order chi connectivity index (χ1) is 28.9. The lowest BCUT2D eigenvalue weighted by molar-refractivity contribution is -0.164. The van der Waals surface area contributed by atoms with E-state index < -0.39 is 58.9 Å². The summed E-state index contributed by atoms with van der Waals surface area (Å²) in [6.07, 6.45) is 2.68. The normalized spacial score (nSPS) is 17.2. The molecule has 60 heavy (non-hydrogen) atoms. The van der Waals surface area contributed by atoms with E-state index in [1.165, 1.54) is 36.4 Å². The van der Waals surface area contributed by atoms with Crippen LogP contribution in [-0.4, -0.2) is 67.7 Å². The molecule has 1 N–H and O–H groups in total. The van der Waals surface area contributed by atoms with E-state index in [1.807, 2.05) is 0 Å². The average Bonchev–Trinajstić information content (AvgIpc) is 3.80. The van der Waals surface area contributed by atoms with Gasteiger partial charge in [0.1, 0.15) is 12.4 Å². The van der Waals surface area contributed by atoms with Crippen LogP contribution in [0.5, 0.6) is 5.75 Å². The van der Waals surface area contributed by atoms with Crippen LogP contribution in [-0.2, 0) is 35.4 Å². The highest BCUT2D eigenvalue weighted by Gasteiger charge is 2.50. The second-order valence-corrected chi connectivity index (χ2v) is 14.1. The third-order valence-electron chi connectivity index (χ3n) is 10.4. The zero-order chi connectivity index (χ0) is 42.9. The van der Waals surface area contributed by atoms with Crippen molar-refractivity contribution in [3.63, 3.8) is 0 Å². The van der Waals surface area contributed by atoms with Crippen LogP contribution in [0.25, 0.3) is 11.1 Å². The van der Waals surface area contributed by atoms with Crippen molar-refractivity contribution in [2.45, 2.75) is 38.3 Å². The van der Waals surface area contributed by atoms with E-state index in [0.29, 0.717) is 29.8 Å². The number of hydrogen-bond acceptors (Lipinski definition) is 9. The summed E-state index contributed by atoms with van der Waals surface area (Å²) in [6.45, 7) is 3.83. The van der Waals surface area contributed by atoms with Crippen molar-refractivity contribution in [3.8, 4) is 16.9 Å². The van der Waals surface area contributed by atoms with Crippen LogP contribution in [0.15, 0.2) is 121 Å². The van der Waals surface area contributed by atoms with Crippen molar-refractivity contribution < 1.29 is 56.1 Å². The lowest BCUT2D eigenvalue weighted by atomic mass is 9.64. The third kappa shape index (κ3) is 9.60. The number of anilines is 1. The van der Waals surface area contributed by atoms with Gasteiger partial charge in [0.2, 0.25) is 0 Å². The summed E-state index contributed by atoms with van der Waals surface area (Å²) in [5, 5.41) is 2.77. The molecule has 0 spiro atoms. The van der Waals surface area contributed by atoms with E-state index in [0.717, 1.165) is 25.0 Å². The van der Waals surface area contributed by atoms with Gasteiger partial charge in [-0.3, -0.25) is 19.2 Å². The standard InChI is InChI=1S/C46H43F3N2O9/c1-3-57-42(54)39(43(55)58-4-2)37-18-10-11-25-45(37,31-14-6-5-7-15-31)29-59-44(56)60-33-23-24-38(36(28-33)41(53)51-26-12-13-27-51)50-40(52)35-17-9-8-16-34(35)30-19-21-32(22-20-30)46(47,48)49/h5-11,14-25,28,37,39H,3-4,12-13,26-27,29H2,1-2H3,(H,50,52). The number of nitrogens with zero attached hydrogens (tertiary/aromatic N) is 1. The zero-order valence-electron chi connectivity index (χ0n) is 32.9. The number of halogens is 3. The van der Waals surface area contributed by atoms with Crippen molar-refractivity contribution >= 4 is 35.6 Å². The molecule has 6 rings (SSSR count). The molecule has 2 amide bonds. The van der Waals surface area contributed by atoms with Gasteiger partial charge in [-0.25, -0.2) is 4.79 Å². The monoisotopic (exact) mass is 824 g/mol. The number of ether oxygens (including phenoxy) is 4. The SMILES string of the molecule is CCOC(=O)C(C(=O)OCC)C1C=CC=CC1(COC(=O)Oc1ccc(NC(=O)c2ccccc2-c2ccc(C(F)(F)F)cc2)c(C(=O)N2CCCC2)c1)c1ccccc1. The van der Waals surface area contributed by atoms with Crippen molar-refractivity contribution in [3.05, 3.63) is 144 Å². The number of carbonyl (C=O) groups excluding carboxylic acids is 5. The Bertz CT molecular complexity index is 2250. The molecule has 1 aliphatic carbocycles. The number of likely N-dealkylation sites (tertiary alicyclic amines) is 1. The minimum absolute atomic E-state index is 0.0168. The van der Waals surface area contributed by atoms with E-state index in [4.69, 9.17) is 18.9 Å². The molecule has 2 aliphatic rings. The predicted molar refractivity (Wildman–Crippen MR) is 215 cm³/mol. The number of amides is 2. The summed E-state index contributed by atoms with van der Waals surface area (Å²) in [4.78, 5) is 69.5. The van der Waals surface area contributed by atoms with E-state index >= 15 is 0 Å². The first kappa shape index (κ1) is 42.9. The summed E-state index contributed by atoms with van der Waals surface area (Å²) in [6, 6.07) is 23.8. The Morgan fingerprint density at radius 3 is 2.08 bits per heavy atom. The van der Waals surface area contributed by atoms with Crippen molar-refractivity contribution in [2.24, 2.45) is 11.8 Å². The summed E-state index contributed by atoms with van der Waals surface area (Å²) >= 11 is 0. The predicted octanol–water partition coefficient (Wildman–Crippen LogP) is 8.80. The Labute approximate surface area is 344 Å². The lowest BCUT2D eigenvalue weighted by Crippen LogP contribution is -2.48. The third-order valence-corrected chi connectivity index (χ3v) is 10.4. The first-order valence-electron chi connectivity index (χ1n) is 19.5. The molecule has 14 heteroatoms. The first-order valence-corrected chi connectivity index (χ1v) is 19.5. The largest absolute Gasteiger partial charge is 0.513 e. The fraction of sp³-hybridized carbons (Fsp3) is 0.283. The quantitative estimate of drug-likeness (QED) is 0.0607. The Morgan fingerprint density at radius 2 is 1.43 bits per heavy atom. The number of rotatable bonds is 13. The maximum absolute atomic E-state index is 13.9. The molecule has 1 fully saturated rings. The molecule has 0 radical (unpaired) electrons. The molecule has 1 saturated heterocycles. The van der Waals surface area contributed by atoms with Gasteiger partial charge < -0.3 is 29.2 Å². The van der Waals surface area contributed by atoms with Gasteiger partial charge in [0, 0.05) is 24.6 Å². The maximum Gasteiger partial charge on any atom is 0.513 e. The Kier molecular flexibility index (Phi) is 13.5. The van der Waals surface area contributed by atoms with Crippen LogP contribution >= 0.6 is 0 Å². The number of hydrogen-bond donors (Lipinski definition) is 1. The second kappa shape index (κ2) is 18.9. The fourth-order valence-electron chi connectivity index (χ4n) is 7.45. The molecule has 312 valence electrons. The highest BCUT2D eigenvalue weighted by atomic mass is 19.4. The molecule has 11 nitrogen and oxygen atoms in total. The molecule has 1 heterocycles. The Morgan fingerprint density at radius 1 is 0.783 bits per heavy atom. The van der Waals surface area contributed by atoms with Crippen molar-refractivity contribution in [2.75, 3.05) is 38.2 Å². The van der Waals surface area contributed by atoms with E-state index in [9.17, 15) is 37.1 Å². The van der Waals surface area contributed by atoms with Crippen LogP contribution in [0.3, 0.4) is 0 Å². The topological polar surface area (TPSA) is 138 Å². The van der Waals surface area contributed by atoms with Crippen LogP contribution in [0, 0.1) is 11.8 Å². The summed E-state index contributed by atoms with van der Waals surface area (Å²) in [5.41, 5.74) is -0.448.